The van der Waals surface area contributed by atoms with Crippen molar-refractivity contribution in [3.63, 3.8) is 0 Å². The number of benzene rings is 1. The van der Waals surface area contributed by atoms with Crippen molar-refractivity contribution in [3.8, 4) is 0 Å². The monoisotopic (exact) mass is 334 g/mol. The van der Waals surface area contributed by atoms with Crippen molar-refractivity contribution in [2.24, 2.45) is 0 Å². The van der Waals surface area contributed by atoms with Crippen LogP contribution in [-0.2, 0) is 4.74 Å². The van der Waals surface area contributed by atoms with Gasteiger partial charge >= 0.3 is 0 Å². The van der Waals surface area contributed by atoms with Gasteiger partial charge in [0.1, 0.15) is 18.0 Å². The van der Waals surface area contributed by atoms with Crippen molar-refractivity contribution >= 4 is 33.3 Å². The second-order valence-corrected chi connectivity index (χ2v) is 5.32. The summed E-state index contributed by atoms with van der Waals surface area (Å²) in [6, 6.07) is 9.92. The zero-order valence-corrected chi connectivity index (χ0v) is 12.5. The summed E-state index contributed by atoms with van der Waals surface area (Å²) in [5, 5.41) is 3.30. The van der Waals surface area contributed by atoms with Crippen LogP contribution in [0.3, 0.4) is 0 Å². The van der Waals surface area contributed by atoms with Crippen molar-refractivity contribution < 1.29 is 4.74 Å². The lowest BCUT2D eigenvalue weighted by Crippen LogP contribution is -2.36. The van der Waals surface area contributed by atoms with Gasteiger partial charge < -0.3 is 15.0 Å². The maximum absolute atomic E-state index is 5.36. The smallest absolute Gasteiger partial charge is 0.135 e. The molecule has 3 rings (SSSR count). The Morgan fingerprint density at radius 3 is 2.75 bits per heavy atom. The highest BCUT2D eigenvalue weighted by atomic mass is 79.9. The molecule has 0 saturated carbocycles. The first-order valence-electron chi connectivity index (χ1n) is 6.49. The maximum Gasteiger partial charge on any atom is 0.135 e. The molecule has 0 radical (unpaired) electrons. The van der Waals surface area contributed by atoms with Gasteiger partial charge in [-0.15, -0.1) is 0 Å². The fourth-order valence-corrected chi connectivity index (χ4v) is 2.47. The number of hydrogen-bond acceptors (Lipinski definition) is 5. The van der Waals surface area contributed by atoms with Gasteiger partial charge in [0.25, 0.3) is 0 Å². The Morgan fingerprint density at radius 2 is 1.95 bits per heavy atom. The number of morpholine rings is 1. The van der Waals surface area contributed by atoms with E-state index >= 15 is 0 Å². The van der Waals surface area contributed by atoms with Gasteiger partial charge in [-0.05, 0) is 28.1 Å². The molecule has 20 heavy (non-hydrogen) atoms. The van der Waals surface area contributed by atoms with E-state index < -0.39 is 0 Å². The van der Waals surface area contributed by atoms with Crippen molar-refractivity contribution in [1.29, 1.82) is 0 Å². The maximum atomic E-state index is 5.36. The van der Waals surface area contributed by atoms with E-state index in [4.69, 9.17) is 4.74 Å². The van der Waals surface area contributed by atoms with Crippen LogP contribution in [0.5, 0.6) is 0 Å². The Labute approximate surface area is 126 Å². The largest absolute Gasteiger partial charge is 0.378 e. The molecule has 0 unspecified atom stereocenters. The Bertz CT molecular complexity index is 587. The van der Waals surface area contributed by atoms with E-state index in [0.29, 0.717) is 0 Å². The van der Waals surface area contributed by atoms with Crippen LogP contribution in [0.2, 0.25) is 0 Å². The second-order valence-electron chi connectivity index (χ2n) is 4.47. The third-order valence-corrected chi connectivity index (χ3v) is 3.82. The van der Waals surface area contributed by atoms with Gasteiger partial charge in [-0.25, -0.2) is 9.97 Å². The minimum absolute atomic E-state index is 0.747. The SMILES string of the molecule is Brc1ccccc1Nc1cc(N2CCOCC2)ncn1. The van der Waals surface area contributed by atoms with Gasteiger partial charge in [-0.2, -0.15) is 0 Å². The van der Waals surface area contributed by atoms with Crippen molar-refractivity contribution in [2.45, 2.75) is 0 Å². The Balaban J connectivity index is 1.79. The molecule has 0 amide bonds. The van der Waals surface area contributed by atoms with Gasteiger partial charge in [-0.1, -0.05) is 12.1 Å². The quantitative estimate of drug-likeness (QED) is 0.935. The van der Waals surface area contributed by atoms with Crippen LogP contribution in [0.15, 0.2) is 41.1 Å². The van der Waals surface area contributed by atoms with E-state index in [1.54, 1.807) is 6.33 Å². The lowest BCUT2D eigenvalue weighted by Gasteiger charge is -2.27. The molecule has 0 atom stereocenters. The molecule has 1 fully saturated rings. The number of anilines is 3. The number of rotatable bonds is 3. The third kappa shape index (κ3) is 3.08. The van der Waals surface area contributed by atoms with Crippen LogP contribution >= 0.6 is 15.9 Å². The molecular formula is C14H15BrN4O. The highest BCUT2D eigenvalue weighted by Gasteiger charge is 2.13. The minimum atomic E-state index is 0.747. The van der Waals surface area contributed by atoms with Crippen molar-refractivity contribution in [1.82, 2.24) is 9.97 Å². The average molecular weight is 335 g/mol. The van der Waals surface area contributed by atoms with Crippen LogP contribution in [0, 0.1) is 0 Å². The van der Waals surface area contributed by atoms with Crippen molar-refractivity contribution in [3.05, 3.63) is 41.1 Å². The van der Waals surface area contributed by atoms with Crippen LogP contribution in [0.1, 0.15) is 0 Å². The van der Waals surface area contributed by atoms with Gasteiger partial charge in [0.15, 0.2) is 0 Å². The molecular weight excluding hydrogens is 320 g/mol. The number of nitrogens with one attached hydrogen (secondary N) is 1. The van der Waals surface area contributed by atoms with E-state index in [9.17, 15) is 0 Å². The Kier molecular flexibility index (Phi) is 4.13. The molecule has 5 nitrogen and oxygen atoms in total. The van der Waals surface area contributed by atoms with Crippen LogP contribution in [0.4, 0.5) is 17.3 Å². The number of nitrogens with zero attached hydrogens (tertiary/aromatic N) is 3. The molecule has 0 bridgehead atoms. The summed E-state index contributed by atoms with van der Waals surface area (Å²) in [7, 11) is 0. The first kappa shape index (κ1) is 13.3. The first-order valence-corrected chi connectivity index (χ1v) is 7.28. The molecule has 1 N–H and O–H groups in total. The summed E-state index contributed by atoms with van der Waals surface area (Å²) < 4.78 is 6.36. The number of aromatic nitrogens is 2. The highest BCUT2D eigenvalue weighted by Crippen LogP contribution is 2.25. The number of hydrogen-bond donors (Lipinski definition) is 1. The summed E-state index contributed by atoms with van der Waals surface area (Å²) in [6.45, 7) is 3.23. The van der Waals surface area contributed by atoms with Crippen molar-refractivity contribution in [2.75, 3.05) is 36.5 Å². The molecule has 2 heterocycles. The molecule has 2 aromatic rings. The van der Waals surface area contributed by atoms with E-state index in [1.807, 2.05) is 30.3 Å². The van der Waals surface area contributed by atoms with E-state index in [1.165, 1.54) is 0 Å². The number of ether oxygens (including phenoxy) is 1. The van der Waals surface area contributed by atoms with E-state index in [2.05, 4.69) is 36.1 Å². The molecule has 1 aromatic carbocycles. The Hall–Kier alpha value is -1.66. The lowest BCUT2D eigenvalue weighted by molar-refractivity contribution is 0.122. The normalized spacial score (nSPS) is 15.2. The topological polar surface area (TPSA) is 50.3 Å². The molecule has 1 aliphatic rings. The molecule has 0 aliphatic carbocycles. The van der Waals surface area contributed by atoms with Gasteiger partial charge in [0.05, 0.1) is 18.9 Å². The fourth-order valence-electron chi connectivity index (χ4n) is 2.08. The third-order valence-electron chi connectivity index (χ3n) is 3.12. The zero-order valence-electron chi connectivity index (χ0n) is 10.9. The average Bonchev–Trinajstić information content (AvgIpc) is 2.51. The molecule has 1 saturated heterocycles. The summed E-state index contributed by atoms with van der Waals surface area (Å²) in [5.74, 6) is 1.71. The summed E-state index contributed by atoms with van der Waals surface area (Å²) >= 11 is 3.52. The Morgan fingerprint density at radius 1 is 1.15 bits per heavy atom. The van der Waals surface area contributed by atoms with Crippen LogP contribution in [0.25, 0.3) is 0 Å². The number of halogens is 1. The molecule has 1 aromatic heterocycles. The van der Waals surface area contributed by atoms with Gasteiger partial charge in [0, 0.05) is 23.6 Å². The second kappa shape index (κ2) is 6.19. The lowest BCUT2D eigenvalue weighted by atomic mass is 10.3. The molecule has 1 aliphatic heterocycles. The zero-order chi connectivity index (χ0) is 13.8. The molecule has 0 spiro atoms. The van der Waals surface area contributed by atoms with Gasteiger partial charge in [-0.3, -0.25) is 0 Å². The highest BCUT2D eigenvalue weighted by molar-refractivity contribution is 9.10. The summed E-state index contributed by atoms with van der Waals surface area (Å²) in [5.41, 5.74) is 0.985. The van der Waals surface area contributed by atoms with Gasteiger partial charge in [0.2, 0.25) is 0 Å². The molecule has 104 valence electrons. The summed E-state index contributed by atoms with van der Waals surface area (Å²) in [4.78, 5) is 10.8. The minimum Gasteiger partial charge on any atom is -0.378 e. The first-order chi connectivity index (χ1) is 9.83. The van der Waals surface area contributed by atoms with Crippen LogP contribution in [-0.4, -0.2) is 36.3 Å². The van der Waals surface area contributed by atoms with E-state index in [-0.39, 0.29) is 0 Å². The summed E-state index contributed by atoms with van der Waals surface area (Å²) in [6.07, 6.45) is 1.59. The standard InChI is InChI=1S/C14H15BrN4O/c15-11-3-1-2-4-12(11)18-13-9-14(17-10-16-13)19-5-7-20-8-6-19/h1-4,9-10H,5-8H2,(H,16,17,18). The molecule has 6 heteroatoms. The fraction of sp³-hybridized carbons (Fsp3) is 0.286. The predicted molar refractivity (Wildman–Crippen MR) is 82.5 cm³/mol. The predicted octanol–water partition coefficient (Wildman–Crippen LogP) is 2.82. The van der Waals surface area contributed by atoms with E-state index in [0.717, 1.165) is 48.1 Å². The number of para-hydroxylation sites is 1. The van der Waals surface area contributed by atoms with Crippen LogP contribution < -0.4 is 10.2 Å².